The van der Waals surface area contributed by atoms with Crippen LogP contribution in [0.15, 0.2) is 24.3 Å². The van der Waals surface area contributed by atoms with Gasteiger partial charge in [0, 0.05) is 38.3 Å². The van der Waals surface area contributed by atoms with Gasteiger partial charge in [-0.05, 0) is 38.3 Å². The number of rotatable bonds is 5. The van der Waals surface area contributed by atoms with Crippen LogP contribution in [0.4, 0.5) is 0 Å². The molecule has 2 atom stereocenters. The smallest absolute Gasteiger partial charge is 0.0502 e. The van der Waals surface area contributed by atoms with Crippen molar-refractivity contribution in [3.8, 4) is 0 Å². The minimum absolute atomic E-state index is 0.205. The first-order chi connectivity index (χ1) is 10.0. The molecule has 1 aromatic carbocycles. The van der Waals surface area contributed by atoms with Gasteiger partial charge >= 0.3 is 0 Å². The van der Waals surface area contributed by atoms with E-state index in [-0.39, 0.29) is 6.04 Å². The molecule has 118 valence electrons. The molecule has 0 radical (unpaired) electrons. The minimum atomic E-state index is 0.205. The summed E-state index contributed by atoms with van der Waals surface area (Å²) in [5, 5.41) is 0. The molecule has 0 aliphatic carbocycles. The van der Waals surface area contributed by atoms with E-state index in [1.807, 2.05) is 0 Å². The van der Waals surface area contributed by atoms with E-state index in [1.165, 1.54) is 11.1 Å². The SMILES string of the molecule is CCC(N)C(c1ccccc1C)N1CCN(C(C)C)CC1. The standard InChI is InChI=1S/C18H31N3/c1-5-17(19)18(16-9-7-6-8-15(16)4)21-12-10-20(11-13-21)14(2)3/h6-9,14,17-18H,5,10-13,19H2,1-4H3. The molecule has 1 saturated heterocycles. The molecule has 0 spiro atoms. The Morgan fingerprint density at radius 1 is 1.05 bits per heavy atom. The average molecular weight is 289 g/mol. The first-order valence-electron chi connectivity index (χ1n) is 8.33. The van der Waals surface area contributed by atoms with E-state index in [9.17, 15) is 0 Å². The van der Waals surface area contributed by atoms with E-state index in [4.69, 9.17) is 5.73 Å². The first kappa shape index (κ1) is 16.5. The Labute approximate surface area is 130 Å². The van der Waals surface area contributed by atoms with Crippen LogP contribution in [0.25, 0.3) is 0 Å². The van der Waals surface area contributed by atoms with Crippen molar-refractivity contribution in [3.05, 3.63) is 35.4 Å². The summed E-state index contributed by atoms with van der Waals surface area (Å²) < 4.78 is 0. The van der Waals surface area contributed by atoms with Crippen molar-refractivity contribution in [2.75, 3.05) is 26.2 Å². The molecular formula is C18H31N3. The summed E-state index contributed by atoms with van der Waals surface area (Å²) in [7, 11) is 0. The Morgan fingerprint density at radius 3 is 2.14 bits per heavy atom. The second-order valence-corrected chi connectivity index (χ2v) is 6.54. The predicted octanol–water partition coefficient (Wildman–Crippen LogP) is 2.80. The second kappa shape index (κ2) is 7.39. The highest BCUT2D eigenvalue weighted by molar-refractivity contribution is 5.30. The van der Waals surface area contributed by atoms with Gasteiger partial charge in [0.2, 0.25) is 0 Å². The van der Waals surface area contributed by atoms with E-state index in [0.717, 1.165) is 32.6 Å². The molecule has 3 heteroatoms. The van der Waals surface area contributed by atoms with E-state index in [2.05, 4.69) is 61.8 Å². The number of piperazine rings is 1. The number of aryl methyl sites for hydroxylation is 1. The Bertz CT molecular complexity index is 436. The molecule has 2 rings (SSSR count). The number of benzene rings is 1. The molecule has 0 saturated carbocycles. The van der Waals surface area contributed by atoms with Gasteiger partial charge in [-0.1, -0.05) is 31.2 Å². The van der Waals surface area contributed by atoms with Gasteiger partial charge in [-0.2, -0.15) is 0 Å². The molecule has 1 aromatic rings. The molecule has 3 nitrogen and oxygen atoms in total. The Kier molecular flexibility index (Phi) is 5.80. The maximum absolute atomic E-state index is 6.49. The molecule has 0 bridgehead atoms. The van der Waals surface area contributed by atoms with Gasteiger partial charge in [0.25, 0.3) is 0 Å². The molecular weight excluding hydrogens is 258 g/mol. The van der Waals surface area contributed by atoms with Crippen molar-refractivity contribution in [2.45, 2.75) is 52.2 Å². The molecule has 0 amide bonds. The monoisotopic (exact) mass is 289 g/mol. The third kappa shape index (κ3) is 3.85. The normalized spacial score (nSPS) is 20.7. The van der Waals surface area contributed by atoms with Gasteiger partial charge in [-0.15, -0.1) is 0 Å². The minimum Gasteiger partial charge on any atom is -0.326 e. The average Bonchev–Trinajstić information content (AvgIpc) is 2.49. The third-order valence-corrected chi connectivity index (χ3v) is 4.86. The van der Waals surface area contributed by atoms with Crippen LogP contribution in [0.3, 0.4) is 0 Å². The predicted molar refractivity (Wildman–Crippen MR) is 90.5 cm³/mol. The van der Waals surface area contributed by atoms with Crippen molar-refractivity contribution in [1.82, 2.24) is 9.80 Å². The number of hydrogen-bond acceptors (Lipinski definition) is 3. The van der Waals surface area contributed by atoms with Gasteiger partial charge in [0.15, 0.2) is 0 Å². The van der Waals surface area contributed by atoms with E-state index < -0.39 is 0 Å². The Hall–Kier alpha value is -0.900. The fourth-order valence-electron chi connectivity index (χ4n) is 3.37. The fraction of sp³-hybridized carbons (Fsp3) is 0.667. The lowest BCUT2D eigenvalue weighted by atomic mass is 9.92. The Morgan fingerprint density at radius 2 is 1.62 bits per heavy atom. The van der Waals surface area contributed by atoms with Crippen LogP contribution in [0.1, 0.15) is 44.4 Å². The lowest BCUT2D eigenvalue weighted by molar-refractivity contribution is 0.0677. The summed E-state index contributed by atoms with van der Waals surface area (Å²) in [6.45, 7) is 13.5. The molecule has 0 aromatic heterocycles. The second-order valence-electron chi connectivity index (χ2n) is 6.54. The van der Waals surface area contributed by atoms with Crippen molar-refractivity contribution in [1.29, 1.82) is 0 Å². The maximum Gasteiger partial charge on any atom is 0.0502 e. The molecule has 21 heavy (non-hydrogen) atoms. The highest BCUT2D eigenvalue weighted by atomic mass is 15.3. The van der Waals surface area contributed by atoms with Crippen LogP contribution in [-0.2, 0) is 0 Å². The van der Waals surface area contributed by atoms with Gasteiger partial charge in [0.1, 0.15) is 0 Å². The van der Waals surface area contributed by atoms with E-state index in [0.29, 0.717) is 12.1 Å². The zero-order valence-corrected chi connectivity index (χ0v) is 14.0. The lowest BCUT2D eigenvalue weighted by Crippen LogP contribution is -2.52. The van der Waals surface area contributed by atoms with Crippen molar-refractivity contribution >= 4 is 0 Å². The third-order valence-electron chi connectivity index (χ3n) is 4.86. The summed E-state index contributed by atoms with van der Waals surface area (Å²) in [4.78, 5) is 5.15. The molecule has 2 unspecified atom stereocenters. The zero-order valence-electron chi connectivity index (χ0n) is 14.0. The van der Waals surface area contributed by atoms with Crippen LogP contribution in [-0.4, -0.2) is 48.1 Å². The molecule has 1 aliphatic rings. The van der Waals surface area contributed by atoms with E-state index in [1.54, 1.807) is 0 Å². The topological polar surface area (TPSA) is 32.5 Å². The molecule has 2 N–H and O–H groups in total. The van der Waals surface area contributed by atoms with Gasteiger partial charge < -0.3 is 5.73 Å². The largest absolute Gasteiger partial charge is 0.326 e. The van der Waals surface area contributed by atoms with Gasteiger partial charge in [-0.3, -0.25) is 9.80 Å². The summed E-state index contributed by atoms with van der Waals surface area (Å²) in [6.07, 6.45) is 1.02. The van der Waals surface area contributed by atoms with Crippen molar-refractivity contribution in [2.24, 2.45) is 5.73 Å². The summed E-state index contributed by atoms with van der Waals surface area (Å²) in [5.41, 5.74) is 9.25. The van der Waals surface area contributed by atoms with Crippen LogP contribution < -0.4 is 5.73 Å². The van der Waals surface area contributed by atoms with Crippen LogP contribution in [0, 0.1) is 6.92 Å². The molecule has 1 heterocycles. The summed E-state index contributed by atoms with van der Waals surface area (Å²) in [5.74, 6) is 0. The van der Waals surface area contributed by atoms with Crippen LogP contribution in [0.5, 0.6) is 0 Å². The quantitative estimate of drug-likeness (QED) is 0.904. The van der Waals surface area contributed by atoms with E-state index >= 15 is 0 Å². The van der Waals surface area contributed by atoms with Crippen LogP contribution in [0.2, 0.25) is 0 Å². The number of nitrogens with zero attached hydrogens (tertiary/aromatic N) is 2. The Balaban J connectivity index is 2.17. The summed E-state index contributed by atoms with van der Waals surface area (Å²) in [6, 6.07) is 9.91. The highest BCUT2D eigenvalue weighted by Gasteiger charge is 2.30. The van der Waals surface area contributed by atoms with Gasteiger partial charge in [0.05, 0.1) is 6.04 Å². The number of hydrogen-bond donors (Lipinski definition) is 1. The number of nitrogens with two attached hydrogens (primary N) is 1. The van der Waals surface area contributed by atoms with Crippen molar-refractivity contribution < 1.29 is 0 Å². The van der Waals surface area contributed by atoms with Gasteiger partial charge in [-0.25, -0.2) is 0 Å². The van der Waals surface area contributed by atoms with Crippen molar-refractivity contribution in [3.63, 3.8) is 0 Å². The lowest BCUT2D eigenvalue weighted by Gasteiger charge is -2.43. The maximum atomic E-state index is 6.49. The molecule has 1 fully saturated rings. The first-order valence-corrected chi connectivity index (χ1v) is 8.33. The summed E-state index contributed by atoms with van der Waals surface area (Å²) >= 11 is 0. The fourth-order valence-corrected chi connectivity index (χ4v) is 3.37. The highest BCUT2D eigenvalue weighted by Crippen LogP contribution is 2.28. The van der Waals surface area contributed by atoms with Crippen LogP contribution >= 0.6 is 0 Å². The zero-order chi connectivity index (χ0) is 15.4. The molecule has 1 aliphatic heterocycles.